The molecule has 0 amide bonds. The van der Waals surface area contributed by atoms with Gasteiger partial charge in [0, 0.05) is 26.7 Å². The molecule has 1 fully saturated rings. The highest BCUT2D eigenvalue weighted by Gasteiger charge is 2.43. The van der Waals surface area contributed by atoms with Crippen LogP contribution in [0.2, 0.25) is 23.7 Å². The Morgan fingerprint density at radius 2 is 1.73 bits per heavy atom. The third-order valence-corrected chi connectivity index (χ3v) is 14.6. The molecule has 0 saturated carbocycles. The lowest BCUT2D eigenvalue weighted by atomic mass is 10.0. The molecule has 0 radical (unpaired) electrons. The molecule has 1 aliphatic heterocycles. The molecule has 1 aliphatic rings. The van der Waals surface area contributed by atoms with E-state index in [1.165, 1.54) is 0 Å². The molecular weight excluding hydrogens is 528 g/mol. The predicted molar refractivity (Wildman–Crippen MR) is 162 cm³/mol. The molecule has 40 heavy (non-hydrogen) atoms. The molecule has 9 heteroatoms. The minimum Gasteiger partial charge on any atom is -0.463 e. The van der Waals surface area contributed by atoms with Crippen molar-refractivity contribution >= 4 is 14.0 Å². The van der Waals surface area contributed by atoms with Gasteiger partial charge in [-0.25, -0.2) is 4.79 Å². The second kappa shape index (κ2) is 18.5. The average Bonchev–Trinajstić information content (AvgIpc) is 2.84. The summed E-state index contributed by atoms with van der Waals surface area (Å²) in [6.07, 6.45) is 9.63. The van der Waals surface area contributed by atoms with Gasteiger partial charge in [0.05, 0.1) is 39.1 Å². The monoisotopic (exact) mass is 586 g/mol. The van der Waals surface area contributed by atoms with Crippen LogP contribution in [0.5, 0.6) is 0 Å². The Bertz CT molecular complexity index is 776. The van der Waals surface area contributed by atoms with Crippen LogP contribution in [-0.4, -0.2) is 79.2 Å². The zero-order valence-electron chi connectivity index (χ0n) is 27.1. The van der Waals surface area contributed by atoms with Crippen molar-refractivity contribution in [1.82, 2.24) is 0 Å². The van der Waals surface area contributed by atoms with E-state index in [0.29, 0.717) is 25.4 Å². The lowest BCUT2D eigenvalue weighted by molar-refractivity contribution is -0.221. The van der Waals surface area contributed by atoms with Gasteiger partial charge in [-0.1, -0.05) is 51.6 Å². The van der Waals surface area contributed by atoms with Crippen LogP contribution < -0.4 is 0 Å². The lowest BCUT2D eigenvalue weighted by Crippen LogP contribution is -2.44. The van der Waals surface area contributed by atoms with Gasteiger partial charge in [0.15, 0.2) is 6.29 Å². The number of hydrogen-bond donors (Lipinski definition) is 0. The number of carbonyl (C=O) groups is 1. The number of ether oxygens (including phenoxy) is 7. The Labute approximate surface area is 245 Å². The summed E-state index contributed by atoms with van der Waals surface area (Å²) in [6.45, 7) is 20.8. The quantitative estimate of drug-likeness (QED) is 0.0558. The molecule has 0 spiro atoms. The number of esters is 1. The van der Waals surface area contributed by atoms with Gasteiger partial charge in [0.1, 0.15) is 13.6 Å². The van der Waals surface area contributed by atoms with Crippen LogP contribution >= 0.6 is 0 Å². The molecule has 1 heterocycles. The third-order valence-electron chi connectivity index (χ3n) is 8.21. The van der Waals surface area contributed by atoms with E-state index < -0.39 is 8.07 Å². The molecule has 6 atom stereocenters. The second-order valence-electron chi connectivity index (χ2n) is 12.6. The molecule has 0 aromatic rings. The maximum absolute atomic E-state index is 11.8. The van der Waals surface area contributed by atoms with Crippen LogP contribution in [0.15, 0.2) is 23.8 Å². The fourth-order valence-electron chi connectivity index (χ4n) is 5.02. The standard InChI is InChI=1S/C31H58O8Si/c1-12-35-30(32)17-23(2)16-28-19-27(38-25(4)39-28)15-13-14-26(37-22-34-9)20-29(18-24(3)36-21-33-8)40(10,11)31(5,6)7/h13,15,17,24-29H,12,14,16,18-22H2,1-11H3/b15-13+,23-17+/t24-,25-,26+,27?,28?,29+/m1/s1. The van der Waals surface area contributed by atoms with Crippen LogP contribution in [0.25, 0.3) is 0 Å². The van der Waals surface area contributed by atoms with E-state index >= 15 is 0 Å². The maximum atomic E-state index is 11.8. The largest absolute Gasteiger partial charge is 0.463 e. The van der Waals surface area contributed by atoms with Crippen LogP contribution in [0.1, 0.15) is 80.6 Å². The molecule has 0 aromatic carbocycles. The molecule has 2 unspecified atom stereocenters. The summed E-state index contributed by atoms with van der Waals surface area (Å²) in [7, 11) is 1.61. The smallest absolute Gasteiger partial charge is 0.330 e. The van der Waals surface area contributed by atoms with Crippen molar-refractivity contribution in [2.45, 2.75) is 135 Å². The van der Waals surface area contributed by atoms with Gasteiger partial charge >= 0.3 is 5.97 Å². The van der Waals surface area contributed by atoms with Gasteiger partial charge in [-0.2, -0.15) is 0 Å². The fourth-order valence-corrected chi connectivity index (χ4v) is 8.02. The van der Waals surface area contributed by atoms with Gasteiger partial charge in [0.25, 0.3) is 0 Å². The predicted octanol–water partition coefficient (Wildman–Crippen LogP) is 7.01. The summed E-state index contributed by atoms with van der Waals surface area (Å²) < 4.78 is 39.6. The van der Waals surface area contributed by atoms with Crippen molar-refractivity contribution in [2.75, 3.05) is 34.4 Å². The first kappa shape index (κ1) is 37.0. The molecule has 1 saturated heterocycles. The number of rotatable bonds is 18. The SMILES string of the molecule is CCOC(=O)/C=C(\C)CC1CC(/C=C/C[C@@H](C[C@H](C[C@@H](C)OCOC)[Si](C)(C)C(C)(C)C)OCOC)O[C@@H](C)O1. The van der Waals surface area contributed by atoms with E-state index in [-0.39, 0.29) is 48.5 Å². The maximum Gasteiger partial charge on any atom is 0.330 e. The first-order chi connectivity index (χ1) is 18.7. The van der Waals surface area contributed by atoms with Crippen LogP contribution in [0.4, 0.5) is 0 Å². The van der Waals surface area contributed by atoms with Crippen molar-refractivity contribution in [1.29, 1.82) is 0 Å². The Balaban J connectivity index is 2.93. The first-order valence-corrected chi connectivity index (χ1v) is 17.8. The lowest BCUT2D eigenvalue weighted by Gasteiger charge is -2.45. The summed E-state index contributed by atoms with van der Waals surface area (Å²) in [5, 5.41) is 0.237. The molecular formula is C31H58O8Si. The Hall–Kier alpha value is -1.07. The topological polar surface area (TPSA) is 81.7 Å². The van der Waals surface area contributed by atoms with E-state index in [9.17, 15) is 4.79 Å². The Morgan fingerprint density at radius 1 is 1.07 bits per heavy atom. The van der Waals surface area contributed by atoms with Gasteiger partial charge in [-0.3, -0.25) is 0 Å². The molecule has 234 valence electrons. The van der Waals surface area contributed by atoms with Crippen molar-refractivity contribution in [3.63, 3.8) is 0 Å². The number of methoxy groups -OCH3 is 2. The van der Waals surface area contributed by atoms with Crippen molar-refractivity contribution < 1.29 is 38.0 Å². The summed E-state index contributed by atoms with van der Waals surface area (Å²) in [4.78, 5) is 11.8. The first-order valence-electron chi connectivity index (χ1n) is 14.8. The Kier molecular flexibility index (Phi) is 17.1. The summed E-state index contributed by atoms with van der Waals surface area (Å²) in [6, 6.07) is 0. The highest BCUT2D eigenvalue weighted by molar-refractivity contribution is 6.81. The van der Waals surface area contributed by atoms with Crippen molar-refractivity contribution in [3.8, 4) is 0 Å². The van der Waals surface area contributed by atoms with E-state index in [0.717, 1.165) is 31.3 Å². The van der Waals surface area contributed by atoms with Gasteiger partial charge in [-0.05, 0) is 64.0 Å². The zero-order chi connectivity index (χ0) is 30.3. The second-order valence-corrected chi connectivity index (χ2v) is 18.3. The van der Waals surface area contributed by atoms with E-state index in [2.05, 4.69) is 52.9 Å². The molecule has 0 N–H and O–H groups in total. The number of hydrogen-bond acceptors (Lipinski definition) is 8. The summed E-state index contributed by atoms with van der Waals surface area (Å²) in [5.74, 6) is -0.311. The van der Waals surface area contributed by atoms with Crippen molar-refractivity contribution in [3.05, 3.63) is 23.8 Å². The summed E-state index contributed by atoms with van der Waals surface area (Å²) in [5.41, 5.74) is 1.43. The zero-order valence-corrected chi connectivity index (χ0v) is 28.1. The van der Waals surface area contributed by atoms with E-state index in [1.807, 2.05) is 13.8 Å². The molecule has 0 aliphatic carbocycles. The Morgan fingerprint density at radius 3 is 2.33 bits per heavy atom. The van der Waals surface area contributed by atoms with Crippen LogP contribution in [0, 0.1) is 0 Å². The van der Waals surface area contributed by atoms with Gasteiger partial charge in [-0.15, -0.1) is 0 Å². The highest BCUT2D eigenvalue weighted by Crippen LogP contribution is 2.48. The van der Waals surface area contributed by atoms with Crippen LogP contribution in [0.3, 0.4) is 0 Å². The minimum atomic E-state index is -1.71. The van der Waals surface area contributed by atoms with E-state index in [1.54, 1.807) is 27.2 Å². The highest BCUT2D eigenvalue weighted by atomic mass is 28.3. The molecule has 8 nitrogen and oxygen atoms in total. The normalized spacial score (nSPS) is 23.3. The van der Waals surface area contributed by atoms with Gasteiger partial charge < -0.3 is 33.2 Å². The van der Waals surface area contributed by atoms with Crippen molar-refractivity contribution in [2.24, 2.45) is 0 Å². The van der Waals surface area contributed by atoms with Crippen LogP contribution in [-0.2, 0) is 38.0 Å². The summed E-state index contributed by atoms with van der Waals surface area (Å²) >= 11 is 0. The molecule has 0 aromatic heterocycles. The van der Waals surface area contributed by atoms with Gasteiger partial charge in [0.2, 0.25) is 0 Å². The number of carbonyl (C=O) groups excluding carboxylic acids is 1. The fraction of sp³-hybridized carbons (Fsp3) is 0.839. The van der Waals surface area contributed by atoms with E-state index in [4.69, 9.17) is 33.2 Å². The minimum absolute atomic E-state index is 0.0211. The third kappa shape index (κ3) is 13.7. The molecule has 1 rings (SSSR count). The average molecular weight is 587 g/mol. The molecule has 0 bridgehead atoms.